The van der Waals surface area contributed by atoms with E-state index in [2.05, 4.69) is 10.4 Å². The van der Waals surface area contributed by atoms with Crippen LogP contribution in [0.15, 0.2) is 54.7 Å². The van der Waals surface area contributed by atoms with E-state index in [1.807, 2.05) is 37.3 Å². The molecular weight excluding hydrogens is 333 g/mol. The zero-order valence-electron chi connectivity index (χ0n) is 12.3. The molecule has 3 aromatic rings. The smallest absolute Gasteiger partial charge is 0.259 e. The number of nitrogens with one attached hydrogen (secondary N) is 1. The van der Waals surface area contributed by atoms with Gasteiger partial charge in [0.15, 0.2) is 0 Å². The minimum absolute atomic E-state index is 0.283. The quantitative estimate of drug-likeness (QED) is 0.745. The van der Waals surface area contributed by atoms with Gasteiger partial charge in [0, 0.05) is 5.02 Å². The third kappa shape index (κ3) is 3.23. The Kier molecular flexibility index (Phi) is 4.37. The van der Waals surface area contributed by atoms with Gasteiger partial charge < -0.3 is 5.32 Å². The molecule has 0 saturated carbocycles. The van der Waals surface area contributed by atoms with Crippen LogP contribution in [0.5, 0.6) is 0 Å². The van der Waals surface area contributed by atoms with Crippen molar-refractivity contribution in [3.63, 3.8) is 0 Å². The number of nitrogens with zero attached hydrogens (tertiary/aromatic N) is 2. The lowest BCUT2D eigenvalue weighted by molar-refractivity contribution is 0.102. The highest BCUT2D eigenvalue weighted by Crippen LogP contribution is 2.26. The monoisotopic (exact) mass is 345 g/mol. The highest BCUT2D eigenvalue weighted by molar-refractivity contribution is 6.35. The highest BCUT2D eigenvalue weighted by atomic mass is 35.5. The summed E-state index contributed by atoms with van der Waals surface area (Å²) in [5.41, 5.74) is 2.58. The molecule has 23 heavy (non-hydrogen) atoms. The summed E-state index contributed by atoms with van der Waals surface area (Å²) < 4.78 is 1.72. The van der Waals surface area contributed by atoms with Crippen molar-refractivity contribution in [3.05, 3.63) is 76.0 Å². The second kappa shape index (κ2) is 6.44. The Morgan fingerprint density at radius 3 is 2.61 bits per heavy atom. The number of benzene rings is 2. The number of halogens is 2. The van der Waals surface area contributed by atoms with Crippen molar-refractivity contribution in [3.8, 4) is 5.69 Å². The van der Waals surface area contributed by atoms with Gasteiger partial charge in [0.25, 0.3) is 5.91 Å². The molecule has 1 heterocycles. The Labute approximate surface area is 143 Å². The molecule has 0 unspecified atom stereocenters. The largest absolute Gasteiger partial charge is 0.320 e. The molecule has 1 amide bonds. The van der Waals surface area contributed by atoms with Crippen LogP contribution in [0, 0.1) is 6.92 Å². The second-order valence-electron chi connectivity index (χ2n) is 4.97. The number of aromatic nitrogens is 2. The number of amides is 1. The first-order valence-corrected chi connectivity index (χ1v) is 7.68. The van der Waals surface area contributed by atoms with Crippen LogP contribution in [0.4, 0.5) is 5.69 Å². The summed E-state index contributed by atoms with van der Waals surface area (Å²) in [6.07, 6.45) is 1.54. The Hall–Kier alpha value is -2.30. The molecule has 0 bridgehead atoms. The molecule has 0 saturated heterocycles. The number of anilines is 1. The average Bonchev–Trinajstić information content (AvgIpc) is 2.93. The van der Waals surface area contributed by atoms with Crippen molar-refractivity contribution < 1.29 is 4.79 Å². The Bertz CT molecular complexity index is 860. The molecule has 4 nitrogen and oxygen atoms in total. The zero-order valence-corrected chi connectivity index (χ0v) is 13.8. The van der Waals surface area contributed by atoms with Gasteiger partial charge in [0.2, 0.25) is 0 Å². The first-order chi connectivity index (χ1) is 11.1. The summed E-state index contributed by atoms with van der Waals surface area (Å²) in [5, 5.41) is 7.98. The molecule has 1 aromatic heterocycles. The lowest BCUT2D eigenvalue weighted by Gasteiger charge is -2.08. The third-order valence-corrected chi connectivity index (χ3v) is 4.00. The predicted molar refractivity (Wildman–Crippen MR) is 92.7 cm³/mol. The molecule has 2 aromatic carbocycles. The fraction of sp³-hybridized carbons (Fsp3) is 0.0588. The van der Waals surface area contributed by atoms with Crippen LogP contribution < -0.4 is 5.32 Å². The summed E-state index contributed by atoms with van der Waals surface area (Å²) in [4.78, 5) is 12.5. The Morgan fingerprint density at radius 2 is 1.87 bits per heavy atom. The van der Waals surface area contributed by atoms with Gasteiger partial charge in [-0.3, -0.25) is 4.79 Å². The summed E-state index contributed by atoms with van der Waals surface area (Å²) in [6.45, 7) is 1.84. The van der Waals surface area contributed by atoms with E-state index in [0.29, 0.717) is 21.3 Å². The lowest BCUT2D eigenvalue weighted by Crippen LogP contribution is -2.13. The van der Waals surface area contributed by atoms with E-state index >= 15 is 0 Å². The molecule has 6 heteroatoms. The Balaban J connectivity index is 1.89. The normalized spacial score (nSPS) is 10.6. The first-order valence-electron chi connectivity index (χ1n) is 6.92. The maximum atomic E-state index is 12.5. The number of hydrogen-bond donors (Lipinski definition) is 1. The van der Waals surface area contributed by atoms with Gasteiger partial charge in [-0.15, -0.1) is 0 Å². The highest BCUT2D eigenvalue weighted by Gasteiger charge is 2.16. The Morgan fingerprint density at radius 1 is 1.13 bits per heavy atom. The fourth-order valence-electron chi connectivity index (χ4n) is 2.24. The van der Waals surface area contributed by atoms with Gasteiger partial charge in [-0.25, -0.2) is 4.68 Å². The molecule has 0 fully saturated rings. The van der Waals surface area contributed by atoms with Gasteiger partial charge in [0.05, 0.1) is 33.9 Å². The molecule has 0 aliphatic carbocycles. The number of para-hydroxylation sites is 1. The number of carbonyl (C=O) groups excluding carboxylic acids is 1. The lowest BCUT2D eigenvalue weighted by atomic mass is 10.2. The van der Waals surface area contributed by atoms with Crippen molar-refractivity contribution in [2.75, 3.05) is 5.32 Å². The zero-order chi connectivity index (χ0) is 16.4. The molecule has 3 rings (SSSR count). The molecule has 116 valence electrons. The van der Waals surface area contributed by atoms with E-state index in [1.54, 1.807) is 22.9 Å². The van der Waals surface area contributed by atoms with Crippen LogP contribution in [0.2, 0.25) is 10.0 Å². The van der Waals surface area contributed by atoms with Crippen LogP contribution in [0.25, 0.3) is 5.69 Å². The molecule has 0 aliphatic rings. The van der Waals surface area contributed by atoms with Crippen molar-refractivity contribution in [2.45, 2.75) is 6.92 Å². The van der Waals surface area contributed by atoms with Crippen LogP contribution in [0.1, 0.15) is 16.1 Å². The van der Waals surface area contributed by atoms with Crippen molar-refractivity contribution in [1.82, 2.24) is 9.78 Å². The van der Waals surface area contributed by atoms with Crippen LogP contribution in [0.3, 0.4) is 0 Å². The van der Waals surface area contributed by atoms with Crippen molar-refractivity contribution in [2.24, 2.45) is 0 Å². The van der Waals surface area contributed by atoms with Crippen LogP contribution >= 0.6 is 23.2 Å². The van der Waals surface area contributed by atoms with Gasteiger partial charge in [-0.05, 0) is 37.3 Å². The van der Waals surface area contributed by atoms with Crippen molar-refractivity contribution >= 4 is 34.8 Å². The predicted octanol–water partition coefficient (Wildman–Crippen LogP) is 4.74. The molecular formula is C17H13Cl2N3O. The van der Waals surface area contributed by atoms with E-state index < -0.39 is 0 Å². The van der Waals surface area contributed by atoms with Gasteiger partial charge >= 0.3 is 0 Å². The van der Waals surface area contributed by atoms with Gasteiger partial charge in [0.1, 0.15) is 0 Å². The summed E-state index contributed by atoms with van der Waals surface area (Å²) in [6, 6.07) is 14.5. The van der Waals surface area contributed by atoms with Crippen LogP contribution in [-0.2, 0) is 0 Å². The minimum atomic E-state index is -0.283. The molecule has 0 aliphatic heterocycles. The average molecular weight is 346 g/mol. The van der Waals surface area contributed by atoms with Gasteiger partial charge in [-0.1, -0.05) is 41.4 Å². The number of hydrogen-bond acceptors (Lipinski definition) is 2. The van der Waals surface area contributed by atoms with E-state index in [9.17, 15) is 4.79 Å². The van der Waals surface area contributed by atoms with E-state index in [-0.39, 0.29) is 5.91 Å². The summed E-state index contributed by atoms with van der Waals surface area (Å²) in [5.74, 6) is -0.283. The number of rotatable bonds is 3. The van der Waals surface area contributed by atoms with Gasteiger partial charge in [-0.2, -0.15) is 5.10 Å². The number of carbonyl (C=O) groups is 1. The maximum Gasteiger partial charge on any atom is 0.259 e. The van der Waals surface area contributed by atoms with E-state index in [0.717, 1.165) is 11.4 Å². The third-order valence-electron chi connectivity index (χ3n) is 3.43. The molecule has 1 N–H and O–H groups in total. The summed E-state index contributed by atoms with van der Waals surface area (Å²) >= 11 is 12.0. The minimum Gasteiger partial charge on any atom is -0.320 e. The van der Waals surface area contributed by atoms with E-state index in [4.69, 9.17) is 23.2 Å². The topological polar surface area (TPSA) is 46.9 Å². The molecule has 0 atom stereocenters. The molecule has 0 spiro atoms. The fourth-order valence-corrected chi connectivity index (χ4v) is 2.58. The maximum absolute atomic E-state index is 12.5. The molecule has 0 radical (unpaired) electrons. The second-order valence-corrected chi connectivity index (χ2v) is 5.81. The standard InChI is InChI=1S/C17H13Cl2N3O/c1-11-14(10-20-22(11)13-5-3-2-4-6-13)17(23)21-16-9-12(18)7-8-15(16)19/h2-10H,1H3,(H,21,23). The SMILES string of the molecule is Cc1c(C(=O)Nc2cc(Cl)ccc2Cl)cnn1-c1ccccc1. The van der Waals surface area contributed by atoms with E-state index in [1.165, 1.54) is 6.20 Å². The first kappa shape index (κ1) is 15.6. The van der Waals surface area contributed by atoms with Crippen LogP contribution in [-0.4, -0.2) is 15.7 Å². The summed E-state index contributed by atoms with van der Waals surface area (Å²) in [7, 11) is 0. The van der Waals surface area contributed by atoms with Crippen molar-refractivity contribution in [1.29, 1.82) is 0 Å².